The van der Waals surface area contributed by atoms with Crippen molar-refractivity contribution >= 4 is 28.5 Å². The molecule has 9 aromatic rings. The predicted octanol–water partition coefficient (Wildman–Crippen LogP) is 16.4. The number of non-ortho nitro benzene ring substituents is 1. The van der Waals surface area contributed by atoms with Gasteiger partial charge in [-0.1, -0.05) is 138 Å². The zero-order valence-corrected chi connectivity index (χ0v) is 52.5. The number of hydrogen-bond acceptors (Lipinski definition) is 12. The van der Waals surface area contributed by atoms with Crippen molar-refractivity contribution in [1.29, 1.82) is 0 Å². The van der Waals surface area contributed by atoms with Gasteiger partial charge in [-0.3, -0.25) is 30.0 Å². The number of nitrogens with zero attached hydrogens (tertiary/aromatic N) is 7. The van der Waals surface area contributed by atoms with Crippen molar-refractivity contribution in [2.75, 3.05) is 13.1 Å². The van der Waals surface area contributed by atoms with Crippen LogP contribution in [-0.2, 0) is 91.6 Å². The third kappa shape index (κ3) is 32.1. The molecule has 0 amide bonds. The van der Waals surface area contributed by atoms with Crippen molar-refractivity contribution in [3.8, 4) is 5.75 Å². The molecular weight excluding hydrogens is 1240 g/mol. The molecular formula is C63H63F4N7O8Y2-2. The second-order valence-electron chi connectivity index (χ2n) is 16.8. The van der Waals surface area contributed by atoms with Gasteiger partial charge in [0.05, 0.1) is 53.5 Å². The molecule has 9 rings (SSSR count). The summed E-state index contributed by atoms with van der Waals surface area (Å²) in [7, 11) is 0. The Balaban J connectivity index is 0.00000103. The number of benzene rings is 7. The molecule has 0 saturated heterocycles. The van der Waals surface area contributed by atoms with E-state index < -0.39 is 33.0 Å². The first-order valence-corrected chi connectivity index (χ1v) is 24.3. The van der Waals surface area contributed by atoms with E-state index in [1.54, 1.807) is 49.8 Å². The first-order chi connectivity index (χ1) is 38.7. The fourth-order valence-corrected chi connectivity index (χ4v) is 6.70. The molecule has 1 N–H and O–H groups in total. The molecule has 2 heterocycles. The normalized spacial score (nSPS) is 10.0. The van der Waals surface area contributed by atoms with Gasteiger partial charge in [-0.25, -0.2) is 18.0 Å². The van der Waals surface area contributed by atoms with Gasteiger partial charge in [-0.05, 0) is 97.8 Å². The number of hydrogen-bond donors (Lipinski definition) is 1. The average molecular weight is 1300 g/mol. The Kier molecular flexibility index (Phi) is 40.6. The predicted molar refractivity (Wildman–Crippen MR) is 312 cm³/mol. The van der Waals surface area contributed by atoms with E-state index in [2.05, 4.69) is 61.4 Å². The molecule has 7 aromatic carbocycles. The van der Waals surface area contributed by atoms with Crippen LogP contribution in [0.2, 0.25) is 0 Å². The quantitative estimate of drug-likeness (QED) is 0.0244. The maximum Gasteiger partial charge on any atom is 0.304 e. The van der Waals surface area contributed by atoms with Gasteiger partial charge in [0.15, 0.2) is 5.75 Å². The van der Waals surface area contributed by atoms with Gasteiger partial charge in [-0.2, -0.15) is 4.39 Å². The largest absolute Gasteiger partial charge is 0.468 e. The van der Waals surface area contributed by atoms with Gasteiger partial charge < -0.3 is 33.7 Å². The number of oxime groups is 2. The van der Waals surface area contributed by atoms with E-state index in [0.29, 0.717) is 25.3 Å². The Bertz CT molecular complexity index is 3260. The number of halogens is 4. The summed E-state index contributed by atoms with van der Waals surface area (Å²) in [6, 6.07) is 61.1. The van der Waals surface area contributed by atoms with Crippen molar-refractivity contribution in [3.05, 3.63) is 323 Å². The maximum atomic E-state index is 12.4. The summed E-state index contributed by atoms with van der Waals surface area (Å²) in [6.45, 7) is 14.6. The van der Waals surface area contributed by atoms with E-state index in [1.807, 2.05) is 85.8 Å². The van der Waals surface area contributed by atoms with Crippen LogP contribution in [0.15, 0.2) is 250 Å². The molecule has 0 aliphatic carbocycles. The van der Waals surface area contributed by atoms with E-state index in [4.69, 9.17) is 25.5 Å². The minimum atomic E-state index is -0.799. The van der Waals surface area contributed by atoms with Crippen molar-refractivity contribution in [2.45, 2.75) is 40.0 Å². The second kappa shape index (κ2) is 44.7. The third-order valence-corrected chi connectivity index (χ3v) is 10.3. The molecule has 0 atom stereocenters. The van der Waals surface area contributed by atoms with Crippen molar-refractivity contribution < 1.29 is 112 Å². The van der Waals surface area contributed by atoms with Crippen LogP contribution in [0.1, 0.15) is 36.5 Å². The molecule has 84 heavy (non-hydrogen) atoms. The van der Waals surface area contributed by atoms with Crippen LogP contribution < -0.4 is 4.84 Å². The summed E-state index contributed by atoms with van der Waals surface area (Å²) >= 11 is 0. The van der Waals surface area contributed by atoms with Crippen molar-refractivity contribution in [3.63, 3.8) is 0 Å². The monoisotopic (exact) mass is 1300 g/mol. The smallest absolute Gasteiger partial charge is 0.304 e. The molecule has 15 nitrogen and oxygen atoms in total. The minimum absolute atomic E-state index is 0. The Morgan fingerprint density at radius 3 is 1.32 bits per heavy atom. The van der Waals surface area contributed by atoms with E-state index >= 15 is 0 Å². The van der Waals surface area contributed by atoms with Gasteiger partial charge in [0.1, 0.15) is 29.0 Å². The maximum absolute atomic E-state index is 12.4. The molecule has 0 spiro atoms. The van der Waals surface area contributed by atoms with Crippen LogP contribution in [0, 0.1) is 64.9 Å². The summed E-state index contributed by atoms with van der Waals surface area (Å²) in [5.74, 6) is 0.685. The van der Waals surface area contributed by atoms with Crippen LogP contribution in [0.5, 0.6) is 5.75 Å². The first kappa shape index (κ1) is 76.2. The second-order valence-corrected chi connectivity index (χ2v) is 16.8. The summed E-state index contributed by atoms with van der Waals surface area (Å²) in [6.07, 6.45) is 3.37. The Labute approximate surface area is 538 Å². The Morgan fingerprint density at radius 2 is 0.952 bits per heavy atom. The van der Waals surface area contributed by atoms with E-state index in [1.165, 1.54) is 47.5 Å². The zero-order chi connectivity index (χ0) is 57.7. The van der Waals surface area contributed by atoms with E-state index in [-0.39, 0.29) is 97.5 Å². The molecule has 2 aromatic heterocycles. The van der Waals surface area contributed by atoms with Gasteiger partial charge in [0, 0.05) is 110 Å². The zero-order valence-electron chi connectivity index (χ0n) is 46.8. The average Bonchev–Trinajstić information content (AvgIpc) is 4.20. The summed E-state index contributed by atoms with van der Waals surface area (Å²) in [5.41, 5.74) is 3.57. The van der Waals surface area contributed by atoms with Gasteiger partial charge >= 0.3 is 5.69 Å². The number of para-hydroxylation sites is 3. The molecule has 0 unspecified atom stereocenters. The van der Waals surface area contributed by atoms with Gasteiger partial charge in [0.2, 0.25) is 11.5 Å². The summed E-state index contributed by atoms with van der Waals surface area (Å²) in [4.78, 5) is 31.5. The summed E-state index contributed by atoms with van der Waals surface area (Å²) in [5, 5.41) is 36.3. The van der Waals surface area contributed by atoms with Crippen LogP contribution in [0.3, 0.4) is 0 Å². The molecule has 434 valence electrons. The summed E-state index contributed by atoms with van der Waals surface area (Å²) < 4.78 is 59.7. The topological polar surface area (TPSA) is 178 Å². The van der Waals surface area contributed by atoms with Crippen molar-refractivity contribution in [1.82, 2.24) is 9.80 Å². The molecule has 0 aliphatic heterocycles. The van der Waals surface area contributed by atoms with Gasteiger partial charge in [0.25, 0.3) is 5.69 Å². The molecule has 21 heteroatoms. The molecule has 2 radical (unpaired) electrons. The number of nitro benzene ring substituents is 2. The fraction of sp³-hybridized carbons (Fsp3) is 0.127. The van der Waals surface area contributed by atoms with Gasteiger partial charge in [-0.15, -0.1) is 0 Å². The molecule has 0 saturated carbocycles. The van der Waals surface area contributed by atoms with Crippen molar-refractivity contribution in [2.24, 2.45) is 10.3 Å². The number of nitro groups is 2. The third-order valence-electron chi connectivity index (χ3n) is 10.3. The number of rotatable bonds is 16. The molecule has 0 bridgehead atoms. The Morgan fingerprint density at radius 1 is 0.536 bits per heavy atom. The molecule has 0 fully saturated rings. The Hall–Kier alpha value is -7.82. The van der Waals surface area contributed by atoms with Crippen LogP contribution in [0.4, 0.5) is 34.6 Å². The van der Waals surface area contributed by atoms with Crippen LogP contribution >= 0.6 is 0 Å². The van der Waals surface area contributed by atoms with Crippen LogP contribution in [0.25, 0.3) is 4.85 Å². The van der Waals surface area contributed by atoms with E-state index in [9.17, 15) is 37.8 Å². The standard InChI is InChI=1S/C21H22N2O2.C15H18N2O2.C7H4FN.2C6H4FNO2.C6H5F.2CH3.2Y/c1-18(22-25-20-11-6-3-7-12-20)15-23(17-21-13-8-14-24-21)16-19-9-4-2-5-10-19;1-13(16-18)10-17(12-15-8-5-9-19-15)11-14-6-3-2-4-7-14;1-9-7-5-3-2-4-6(7)8;7-5-1-3-6(4-2-5)8(9)10;7-5-3-1-2-4-6(5)8(9)10;7-6-4-2-1-3-5-6;;;;/h2-14H,15-17H2,1H3;2-9,18H,10-12H2,1H3;2-5H;2*1-4H;1-5H;2*1H3;;/q;;;;;;2*-1;;/b22-18+;16-13+;;;;;;;;. The number of furan rings is 2. The first-order valence-electron chi connectivity index (χ1n) is 24.3. The van der Waals surface area contributed by atoms with E-state index in [0.717, 1.165) is 79.0 Å². The molecule has 0 aliphatic rings. The minimum Gasteiger partial charge on any atom is -0.468 e. The SMILES string of the molecule is C/C(CN(Cc1ccccc1)Cc1ccco1)=N\O.C/C(CN(Cc1ccccc1)Cc1ccco1)=N\Oc1ccccc1.Fc1ccccc1.O=[N+]([O-])c1ccc(F)cc1.O=[N+]([O-])c1ccccc1F.[C-]#[N+]c1ccccc1F.[CH3-].[CH3-].[Y].[Y]. The van der Waals surface area contributed by atoms with Crippen LogP contribution in [-0.4, -0.2) is 49.4 Å². The fourth-order valence-electron chi connectivity index (χ4n) is 6.70.